The molecule has 0 saturated carbocycles. The van der Waals surface area contributed by atoms with Gasteiger partial charge in [0.15, 0.2) is 6.10 Å². The molecular formula is C76H138O6. The summed E-state index contributed by atoms with van der Waals surface area (Å²) in [6.07, 6.45) is 91.1. The Labute approximate surface area is 510 Å². The van der Waals surface area contributed by atoms with E-state index in [9.17, 15) is 14.4 Å². The summed E-state index contributed by atoms with van der Waals surface area (Å²) in [6.45, 7) is 6.59. The Hall–Kier alpha value is -2.89. The summed E-state index contributed by atoms with van der Waals surface area (Å²) in [5.41, 5.74) is 0. The predicted octanol–water partition coefficient (Wildman–Crippen LogP) is 25.1. The molecule has 0 aliphatic rings. The minimum atomic E-state index is -0.780. The van der Waals surface area contributed by atoms with Crippen molar-refractivity contribution in [1.29, 1.82) is 0 Å². The van der Waals surface area contributed by atoms with E-state index < -0.39 is 6.10 Å². The van der Waals surface area contributed by atoms with Gasteiger partial charge in [-0.25, -0.2) is 0 Å². The van der Waals surface area contributed by atoms with Gasteiger partial charge in [0.05, 0.1) is 0 Å². The molecule has 0 heterocycles. The second-order valence-electron chi connectivity index (χ2n) is 24.5. The fraction of sp³-hybridized carbons (Fsp3) is 0.829. The predicted molar refractivity (Wildman–Crippen MR) is 358 cm³/mol. The van der Waals surface area contributed by atoms with Crippen molar-refractivity contribution in [3.63, 3.8) is 0 Å². The summed E-state index contributed by atoms with van der Waals surface area (Å²) in [6, 6.07) is 0. The molecule has 0 rings (SSSR count). The second-order valence-corrected chi connectivity index (χ2v) is 24.5. The third kappa shape index (κ3) is 67.9. The highest BCUT2D eigenvalue weighted by atomic mass is 16.6. The van der Waals surface area contributed by atoms with E-state index in [0.29, 0.717) is 19.3 Å². The number of esters is 3. The van der Waals surface area contributed by atoms with Gasteiger partial charge in [0.1, 0.15) is 13.2 Å². The van der Waals surface area contributed by atoms with E-state index in [2.05, 4.69) is 81.5 Å². The van der Waals surface area contributed by atoms with Gasteiger partial charge in [0, 0.05) is 19.3 Å². The van der Waals surface area contributed by atoms with Crippen LogP contribution in [-0.4, -0.2) is 37.2 Å². The maximum atomic E-state index is 13.0. The lowest BCUT2D eigenvalue weighted by atomic mass is 10.0. The van der Waals surface area contributed by atoms with Crippen LogP contribution in [0.3, 0.4) is 0 Å². The molecule has 0 saturated heterocycles. The van der Waals surface area contributed by atoms with Crippen LogP contribution in [0, 0.1) is 0 Å². The first-order valence-electron chi connectivity index (χ1n) is 36.3. The van der Waals surface area contributed by atoms with Crippen molar-refractivity contribution in [2.45, 2.75) is 393 Å². The van der Waals surface area contributed by atoms with E-state index >= 15 is 0 Å². The first kappa shape index (κ1) is 79.1. The van der Waals surface area contributed by atoms with Crippen LogP contribution in [0.4, 0.5) is 0 Å². The van der Waals surface area contributed by atoms with E-state index in [1.807, 2.05) is 0 Å². The smallest absolute Gasteiger partial charge is 0.306 e. The lowest BCUT2D eigenvalue weighted by Crippen LogP contribution is -2.30. The largest absolute Gasteiger partial charge is 0.462 e. The molecule has 478 valence electrons. The molecule has 0 aromatic carbocycles. The maximum Gasteiger partial charge on any atom is 0.306 e. The fourth-order valence-electron chi connectivity index (χ4n) is 10.8. The lowest BCUT2D eigenvalue weighted by Gasteiger charge is -2.18. The van der Waals surface area contributed by atoms with Gasteiger partial charge in [-0.1, -0.05) is 345 Å². The van der Waals surface area contributed by atoms with Crippen molar-refractivity contribution in [2.24, 2.45) is 0 Å². The number of unbranched alkanes of at least 4 members (excludes halogenated alkanes) is 46. The van der Waals surface area contributed by atoms with E-state index in [1.165, 1.54) is 257 Å². The van der Waals surface area contributed by atoms with Crippen LogP contribution in [0.2, 0.25) is 0 Å². The maximum absolute atomic E-state index is 13.0. The van der Waals surface area contributed by atoms with Crippen molar-refractivity contribution < 1.29 is 28.6 Å². The Balaban J connectivity index is 4.32. The summed E-state index contributed by atoms with van der Waals surface area (Å²) >= 11 is 0. The van der Waals surface area contributed by atoms with Gasteiger partial charge in [0.25, 0.3) is 0 Å². The number of hydrogen-bond donors (Lipinski definition) is 0. The normalized spacial score (nSPS) is 12.4. The van der Waals surface area contributed by atoms with E-state index in [0.717, 1.165) is 89.9 Å². The molecule has 6 heteroatoms. The zero-order valence-corrected chi connectivity index (χ0v) is 55.0. The summed E-state index contributed by atoms with van der Waals surface area (Å²) in [4.78, 5) is 38.5. The van der Waals surface area contributed by atoms with E-state index in [1.54, 1.807) is 0 Å². The molecule has 0 aromatic heterocycles. The molecule has 0 amide bonds. The van der Waals surface area contributed by atoms with Crippen LogP contribution < -0.4 is 0 Å². The van der Waals surface area contributed by atoms with Crippen molar-refractivity contribution in [2.75, 3.05) is 13.2 Å². The third-order valence-electron chi connectivity index (χ3n) is 16.3. The average molecular weight is 1150 g/mol. The van der Waals surface area contributed by atoms with Crippen molar-refractivity contribution >= 4 is 17.9 Å². The monoisotopic (exact) mass is 1150 g/mol. The van der Waals surface area contributed by atoms with Crippen LogP contribution in [0.15, 0.2) is 60.8 Å². The van der Waals surface area contributed by atoms with Gasteiger partial charge in [0.2, 0.25) is 0 Å². The Morgan fingerprint density at radius 1 is 0.256 bits per heavy atom. The molecule has 0 aliphatic heterocycles. The molecular weight excluding hydrogens is 1010 g/mol. The minimum Gasteiger partial charge on any atom is -0.462 e. The number of hydrogen-bond acceptors (Lipinski definition) is 6. The summed E-state index contributed by atoms with van der Waals surface area (Å²) < 4.78 is 17.0. The number of allylic oxidation sites excluding steroid dienone is 10. The number of carbonyl (C=O) groups excluding carboxylic acids is 3. The van der Waals surface area contributed by atoms with Crippen LogP contribution >= 0.6 is 0 Å². The van der Waals surface area contributed by atoms with Crippen LogP contribution in [0.5, 0.6) is 0 Å². The van der Waals surface area contributed by atoms with Crippen LogP contribution in [0.1, 0.15) is 387 Å². The standard InChI is InChI=1S/C76H138O6/c1-4-7-10-13-16-19-22-25-28-31-34-36-37-38-39-40-43-45-48-51-54-57-60-63-66-69-75(78)81-72-73(71-80-74(77)68-65-62-59-56-53-50-47-44-41-33-30-27-24-21-18-15-12-9-6-3)82-76(79)70-67-64-61-58-55-52-49-46-42-35-32-29-26-23-20-17-14-11-8-5-2/h9,12,18,21,27,30-31,34,41,44,73H,4-8,10-11,13-17,19-20,22-26,28-29,32-33,35-40,42-43,45-72H2,1-3H3/b12-9-,21-18-,30-27-,34-31-,44-41-. The highest BCUT2D eigenvalue weighted by molar-refractivity contribution is 5.71. The van der Waals surface area contributed by atoms with Gasteiger partial charge >= 0.3 is 17.9 Å². The Bertz CT molecular complexity index is 1460. The third-order valence-corrected chi connectivity index (χ3v) is 16.3. The van der Waals surface area contributed by atoms with Gasteiger partial charge in [-0.05, 0) is 83.5 Å². The molecule has 6 nitrogen and oxygen atoms in total. The van der Waals surface area contributed by atoms with Crippen molar-refractivity contribution in [1.82, 2.24) is 0 Å². The summed E-state index contributed by atoms with van der Waals surface area (Å²) in [5.74, 6) is -0.862. The first-order valence-corrected chi connectivity index (χ1v) is 36.3. The van der Waals surface area contributed by atoms with Gasteiger partial charge in [-0.2, -0.15) is 0 Å². The molecule has 0 spiro atoms. The number of rotatable bonds is 67. The average Bonchev–Trinajstić information content (AvgIpc) is 3.47. The van der Waals surface area contributed by atoms with Crippen LogP contribution in [0.25, 0.3) is 0 Å². The molecule has 0 fully saturated rings. The number of carbonyl (C=O) groups is 3. The summed E-state index contributed by atoms with van der Waals surface area (Å²) in [7, 11) is 0. The molecule has 0 N–H and O–H groups in total. The number of ether oxygens (including phenoxy) is 3. The molecule has 1 atom stereocenters. The van der Waals surface area contributed by atoms with Gasteiger partial charge in [-0.15, -0.1) is 0 Å². The molecule has 0 radical (unpaired) electrons. The minimum absolute atomic E-state index is 0.0746. The zero-order chi connectivity index (χ0) is 59.2. The first-order chi connectivity index (χ1) is 40.5. The highest BCUT2D eigenvalue weighted by Crippen LogP contribution is 2.18. The SMILES string of the molecule is CC/C=C\C/C=C\C/C=C\C/C=C\CCCCCCCCC(=O)OCC(COC(=O)CCCCCCCCCCCCCCC/C=C\CCCCCCCCCC)OC(=O)CCCCCCCCCCCCCCCCCCCCCC. The molecule has 0 bridgehead atoms. The van der Waals surface area contributed by atoms with Gasteiger partial charge < -0.3 is 14.2 Å². The van der Waals surface area contributed by atoms with Gasteiger partial charge in [-0.3, -0.25) is 14.4 Å². The Kier molecular flexibility index (Phi) is 68.1. The quantitative estimate of drug-likeness (QED) is 0.0261. The van der Waals surface area contributed by atoms with Crippen LogP contribution in [-0.2, 0) is 28.6 Å². The molecule has 0 aliphatic carbocycles. The molecule has 1 unspecified atom stereocenters. The van der Waals surface area contributed by atoms with Crippen molar-refractivity contribution in [3.05, 3.63) is 60.8 Å². The highest BCUT2D eigenvalue weighted by Gasteiger charge is 2.19. The molecule has 82 heavy (non-hydrogen) atoms. The van der Waals surface area contributed by atoms with E-state index in [-0.39, 0.29) is 31.1 Å². The second kappa shape index (κ2) is 70.6. The summed E-state index contributed by atoms with van der Waals surface area (Å²) in [5, 5.41) is 0. The zero-order valence-electron chi connectivity index (χ0n) is 55.0. The van der Waals surface area contributed by atoms with Crippen molar-refractivity contribution in [3.8, 4) is 0 Å². The lowest BCUT2D eigenvalue weighted by molar-refractivity contribution is -0.167. The Morgan fingerprint density at radius 2 is 0.476 bits per heavy atom. The topological polar surface area (TPSA) is 78.9 Å². The Morgan fingerprint density at radius 3 is 0.756 bits per heavy atom. The molecule has 0 aromatic rings. The van der Waals surface area contributed by atoms with E-state index in [4.69, 9.17) is 14.2 Å². The fourth-order valence-corrected chi connectivity index (χ4v) is 10.8.